The Balaban J connectivity index is 1.25. The Kier molecular flexibility index (Phi) is 5.58. The number of hydrogen-bond acceptors (Lipinski definition) is 6. The summed E-state index contributed by atoms with van der Waals surface area (Å²) in [5, 5.41) is 12.3. The third kappa shape index (κ3) is 4.30. The molecular formula is C21H26N4O4. The molecule has 0 spiro atoms. The maximum Gasteiger partial charge on any atom is 0.267 e. The van der Waals surface area contributed by atoms with Gasteiger partial charge in [0.15, 0.2) is 11.5 Å². The van der Waals surface area contributed by atoms with E-state index in [1.54, 1.807) is 11.0 Å². The third-order valence-electron chi connectivity index (χ3n) is 5.89. The van der Waals surface area contributed by atoms with E-state index < -0.39 is 11.6 Å². The summed E-state index contributed by atoms with van der Waals surface area (Å²) < 4.78 is 11.5. The number of fused-ring (bicyclic) bond motifs is 1. The van der Waals surface area contributed by atoms with E-state index in [4.69, 9.17) is 9.47 Å². The summed E-state index contributed by atoms with van der Waals surface area (Å²) in [5.74, 6) is 1.04. The minimum Gasteiger partial charge on any atom is -0.485 e. The molecule has 0 aromatic heterocycles. The molecule has 8 heteroatoms. The first-order chi connectivity index (χ1) is 14.1. The van der Waals surface area contributed by atoms with Crippen LogP contribution in [0.15, 0.2) is 24.3 Å². The molecule has 1 atom stereocenters. The van der Waals surface area contributed by atoms with E-state index in [2.05, 4.69) is 11.4 Å². The molecule has 1 saturated heterocycles. The maximum absolute atomic E-state index is 12.8. The smallest absolute Gasteiger partial charge is 0.267 e. The normalized spacial score (nSPS) is 23.3. The van der Waals surface area contributed by atoms with Crippen LogP contribution in [0.5, 0.6) is 11.5 Å². The number of nitrogens with one attached hydrogen (secondary N) is 1. The zero-order valence-electron chi connectivity index (χ0n) is 16.4. The van der Waals surface area contributed by atoms with Crippen LogP contribution in [0.4, 0.5) is 0 Å². The second-order valence-corrected chi connectivity index (χ2v) is 7.91. The summed E-state index contributed by atoms with van der Waals surface area (Å²) in [5.41, 5.74) is -0.691. The highest BCUT2D eigenvalue weighted by atomic mass is 16.6. The van der Waals surface area contributed by atoms with Gasteiger partial charge in [-0.3, -0.25) is 14.5 Å². The van der Waals surface area contributed by atoms with E-state index in [1.165, 1.54) is 0 Å². The topological polar surface area (TPSA) is 94.9 Å². The lowest BCUT2D eigenvalue weighted by molar-refractivity contribution is -0.143. The standard InChI is InChI=1S/C21H26N4O4/c22-15-21(7-3-4-8-21)23-19(26)13-24-9-11-25(12-10-24)20(27)18-14-28-16-5-1-2-6-17(16)29-18/h1-2,5-6,18H,3-4,7-14H2,(H,23,26)/t18-/m0/s1. The number of piperazine rings is 1. The van der Waals surface area contributed by atoms with Gasteiger partial charge in [-0.2, -0.15) is 5.26 Å². The van der Waals surface area contributed by atoms with Crippen molar-refractivity contribution in [1.82, 2.24) is 15.1 Å². The molecule has 2 heterocycles. The van der Waals surface area contributed by atoms with E-state index in [1.807, 2.05) is 23.1 Å². The SMILES string of the molecule is N#CC1(NC(=O)CN2CCN(C(=O)[C@@H]3COc4ccccc4O3)CC2)CCCC1. The van der Waals surface area contributed by atoms with Crippen LogP contribution in [-0.4, -0.2) is 72.6 Å². The molecule has 29 heavy (non-hydrogen) atoms. The second kappa shape index (κ2) is 8.29. The van der Waals surface area contributed by atoms with E-state index in [0.717, 1.165) is 25.7 Å². The number of rotatable bonds is 4. The van der Waals surface area contributed by atoms with E-state index >= 15 is 0 Å². The molecule has 1 aliphatic carbocycles. The van der Waals surface area contributed by atoms with Crippen LogP contribution in [-0.2, 0) is 9.59 Å². The van der Waals surface area contributed by atoms with E-state index in [9.17, 15) is 14.9 Å². The molecule has 4 rings (SSSR count). The summed E-state index contributed by atoms with van der Waals surface area (Å²) in [7, 11) is 0. The molecule has 2 aliphatic heterocycles. The Hall–Kier alpha value is -2.79. The van der Waals surface area contributed by atoms with Gasteiger partial charge in [-0.1, -0.05) is 12.1 Å². The summed E-state index contributed by atoms with van der Waals surface area (Å²) in [6.07, 6.45) is 2.77. The van der Waals surface area contributed by atoms with Crippen LogP contribution in [0, 0.1) is 11.3 Å². The quantitative estimate of drug-likeness (QED) is 0.811. The minimum absolute atomic E-state index is 0.0852. The van der Waals surface area contributed by atoms with Crippen molar-refractivity contribution in [2.45, 2.75) is 37.3 Å². The number of nitriles is 1. The van der Waals surface area contributed by atoms with Crippen molar-refractivity contribution in [3.05, 3.63) is 24.3 Å². The molecule has 3 aliphatic rings. The number of para-hydroxylation sites is 2. The van der Waals surface area contributed by atoms with Crippen LogP contribution in [0.1, 0.15) is 25.7 Å². The number of hydrogen-bond donors (Lipinski definition) is 1. The molecule has 0 unspecified atom stereocenters. The Bertz CT molecular complexity index is 807. The minimum atomic E-state index is -0.691. The summed E-state index contributed by atoms with van der Waals surface area (Å²) in [4.78, 5) is 29.0. The van der Waals surface area contributed by atoms with E-state index in [-0.39, 0.29) is 25.0 Å². The first kappa shape index (κ1) is 19.5. The molecule has 0 radical (unpaired) electrons. The van der Waals surface area contributed by atoms with Gasteiger partial charge in [0.1, 0.15) is 12.1 Å². The van der Waals surface area contributed by atoms with Crippen molar-refractivity contribution in [2.24, 2.45) is 0 Å². The lowest BCUT2D eigenvalue weighted by Gasteiger charge is -2.37. The summed E-state index contributed by atoms with van der Waals surface area (Å²) in [6, 6.07) is 9.61. The average Bonchev–Trinajstić information content (AvgIpc) is 3.22. The fraction of sp³-hybridized carbons (Fsp3) is 0.571. The molecule has 1 saturated carbocycles. The van der Waals surface area contributed by atoms with Gasteiger partial charge >= 0.3 is 0 Å². The number of carbonyl (C=O) groups excluding carboxylic acids is 2. The third-order valence-corrected chi connectivity index (χ3v) is 5.89. The molecule has 8 nitrogen and oxygen atoms in total. The molecule has 2 fully saturated rings. The molecule has 2 amide bonds. The molecule has 154 valence electrons. The van der Waals surface area contributed by atoms with Crippen molar-refractivity contribution in [3.8, 4) is 17.6 Å². The molecule has 1 aromatic rings. The fourth-order valence-corrected chi connectivity index (χ4v) is 4.22. The van der Waals surface area contributed by atoms with Crippen LogP contribution in [0.3, 0.4) is 0 Å². The molecule has 1 N–H and O–H groups in total. The van der Waals surface area contributed by atoms with Gasteiger partial charge in [-0.05, 0) is 37.8 Å². The largest absolute Gasteiger partial charge is 0.485 e. The highest BCUT2D eigenvalue weighted by Crippen LogP contribution is 2.31. The van der Waals surface area contributed by atoms with Gasteiger partial charge in [0.25, 0.3) is 5.91 Å². The molecule has 0 bridgehead atoms. The monoisotopic (exact) mass is 398 g/mol. The maximum atomic E-state index is 12.8. The first-order valence-corrected chi connectivity index (χ1v) is 10.2. The Morgan fingerprint density at radius 1 is 1.14 bits per heavy atom. The lowest BCUT2D eigenvalue weighted by atomic mass is 10.00. The van der Waals surface area contributed by atoms with Crippen molar-refractivity contribution in [1.29, 1.82) is 5.26 Å². The van der Waals surface area contributed by atoms with Gasteiger partial charge < -0.3 is 19.7 Å². The summed E-state index contributed by atoms with van der Waals surface area (Å²) >= 11 is 0. The Labute approximate surface area is 170 Å². The molecular weight excluding hydrogens is 372 g/mol. The van der Waals surface area contributed by atoms with Crippen molar-refractivity contribution in [2.75, 3.05) is 39.3 Å². The number of carbonyl (C=O) groups is 2. The predicted molar refractivity (Wildman–Crippen MR) is 104 cm³/mol. The van der Waals surface area contributed by atoms with Crippen LogP contribution in [0.2, 0.25) is 0 Å². The lowest BCUT2D eigenvalue weighted by Crippen LogP contribution is -2.56. The van der Waals surface area contributed by atoms with Crippen LogP contribution < -0.4 is 14.8 Å². The fourth-order valence-electron chi connectivity index (χ4n) is 4.22. The number of amides is 2. The van der Waals surface area contributed by atoms with Gasteiger partial charge in [0.2, 0.25) is 12.0 Å². The van der Waals surface area contributed by atoms with Crippen molar-refractivity contribution >= 4 is 11.8 Å². The van der Waals surface area contributed by atoms with Gasteiger partial charge in [-0.15, -0.1) is 0 Å². The summed E-state index contributed by atoms with van der Waals surface area (Å²) in [6.45, 7) is 2.76. The van der Waals surface area contributed by atoms with Crippen LogP contribution in [0.25, 0.3) is 0 Å². The van der Waals surface area contributed by atoms with Crippen molar-refractivity contribution in [3.63, 3.8) is 0 Å². The highest BCUT2D eigenvalue weighted by molar-refractivity contribution is 5.82. The Morgan fingerprint density at radius 3 is 2.52 bits per heavy atom. The van der Waals surface area contributed by atoms with Crippen molar-refractivity contribution < 1.29 is 19.1 Å². The predicted octanol–water partition coefficient (Wildman–Crippen LogP) is 0.923. The van der Waals surface area contributed by atoms with Gasteiger partial charge in [-0.25, -0.2) is 0 Å². The van der Waals surface area contributed by atoms with E-state index in [0.29, 0.717) is 37.7 Å². The zero-order valence-corrected chi connectivity index (χ0v) is 16.4. The first-order valence-electron chi connectivity index (χ1n) is 10.2. The number of nitrogens with zero attached hydrogens (tertiary/aromatic N) is 3. The van der Waals surface area contributed by atoms with Crippen LogP contribution >= 0.6 is 0 Å². The van der Waals surface area contributed by atoms with Gasteiger partial charge in [0, 0.05) is 26.2 Å². The average molecular weight is 398 g/mol. The highest BCUT2D eigenvalue weighted by Gasteiger charge is 2.36. The zero-order chi connectivity index (χ0) is 20.3. The Morgan fingerprint density at radius 2 is 1.83 bits per heavy atom. The molecule has 1 aromatic carbocycles. The number of ether oxygens (including phenoxy) is 2. The van der Waals surface area contributed by atoms with Gasteiger partial charge in [0.05, 0.1) is 12.6 Å². The second-order valence-electron chi connectivity index (χ2n) is 7.91. The number of benzene rings is 1.